The molecular formula is C10H20N2. The monoisotopic (exact) mass is 168 g/mol. The van der Waals surface area contributed by atoms with Gasteiger partial charge in [0.1, 0.15) is 0 Å². The summed E-state index contributed by atoms with van der Waals surface area (Å²) in [5, 5.41) is 3.38. The third-order valence-electron chi connectivity index (χ3n) is 2.57. The largest absolute Gasteiger partial charge is 0.314 e. The van der Waals surface area contributed by atoms with Gasteiger partial charge in [0, 0.05) is 32.2 Å². The summed E-state index contributed by atoms with van der Waals surface area (Å²) in [6, 6.07) is 0.669. The topological polar surface area (TPSA) is 15.3 Å². The highest BCUT2D eigenvalue weighted by atomic mass is 15.2. The first kappa shape index (κ1) is 9.75. The average Bonchev–Trinajstić information content (AvgIpc) is 2.09. The lowest BCUT2D eigenvalue weighted by atomic mass is 10.1. The Labute approximate surface area is 75.6 Å². The van der Waals surface area contributed by atoms with Crippen LogP contribution in [0.3, 0.4) is 0 Å². The van der Waals surface area contributed by atoms with E-state index in [2.05, 4.69) is 30.6 Å². The number of nitrogens with one attached hydrogen (secondary N) is 1. The number of hydrogen-bond acceptors (Lipinski definition) is 2. The van der Waals surface area contributed by atoms with Crippen LogP contribution in [0.1, 0.15) is 20.3 Å². The van der Waals surface area contributed by atoms with Crippen LogP contribution >= 0.6 is 0 Å². The molecule has 1 heterocycles. The molecule has 0 saturated carbocycles. The van der Waals surface area contributed by atoms with Crippen LogP contribution in [-0.4, -0.2) is 37.1 Å². The fourth-order valence-electron chi connectivity index (χ4n) is 1.52. The molecule has 0 aromatic carbocycles. The highest BCUT2D eigenvalue weighted by molar-refractivity contribution is 4.97. The Balaban J connectivity index is 2.33. The molecule has 1 saturated heterocycles. The van der Waals surface area contributed by atoms with E-state index in [0.29, 0.717) is 6.04 Å². The normalized spacial score (nSPS) is 25.7. The Morgan fingerprint density at radius 1 is 1.67 bits per heavy atom. The molecule has 2 heteroatoms. The Bertz CT molecular complexity index is 154. The van der Waals surface area contributed by atoms with Gasteiger partial charge in [0.15, 0.2) is 0 Å². The standard InChI is InChI=1S/C10H20N2/c1-4-9(2)8-12-6-5-11-7-10(12)3/h10-11H,2,4-8H2,1,3H3/t10-/m1/s1. The molecule has 12 heavy (non-hydrogen) atoms. The molecule has 0 radical (unpaired) electrons. The summed E-state index contributed by atoms with van der Waals surface area (Å²) in [5.41, 5.74) is 1.35. The van der Waals surface area contributed by atoms with E-state index in [4.69, 9.17) is 0 Å². The van der Waals surface area contributed by atoms with Crippen molar-refractivity contribution in [3.63, 3.8) is 0 Å². The van der Waals surface area contributed by atoms with Gasteiger partial charge < -0.3 is 5.32 Å². The molecule has 0 bridgehead atoms. The molecule has 0 unspecified atom stereocenters. The zero-order chi connectivity index (χ0) is 8.97. The molecule has 0 aromatic heterocycles. The highest BCUT2D eigenvalue weighted by Gasteiger charge is 2.17. The second-order valence-electron chi connectivity index (χ2n) is 3.63. The minimum Gasteiger partial charge on any atom is -0.314 e. The van der Waals surface area contributed by atoms with Gasteiger partial charge in [-0.05, 0) is 13.3 Å². The van der Waals surface area contributed by atoms with Gasteiger partial charge in [-0.15, -0.1) is 0 Å². The van der Waals surface area contributed by atoms with Crippen LogP contribution in [0.5, 0.6) is 0 Å². The van der Waals surface area contributed by atoms with E-state index in [1.165, 1.54) is 12.1 Å². The molecule has 2 nitrogen and oxygen atoms in total. The van der Waals surface area contributed by atoms with Gasteiger partial charge in [-0.2, -0.15) is 0 Å². The molecule has 70 valence electrons. The number of hydrogen-bond donors (Lipinski definition) is 1. The molecule has 0 spiro atoms. The fraction of sp³-hybridized carbons (Fsp3) is 0.800. The number of nitrogens with zero attached hydrogens (tertiary/aromatic N) is 1. The van der Waals surface area contributed by atoms with Gasteiger partial charge in [0.05, 0.1) is 0 Å². The summed E-state index contributed by atoms with van der Waals surface area (Å²) >= 11 is 0. The molecule has 0 aliphatic carbocycles. The van der Waals surface area contributed by atoms with Crippen LogP contribution in [0.4, 0.5) is 0 Å². The summed E-state index contributed by atoms with van der Waals surface area (Å²) in [6.07, 6.45) is 1.11. The molecule has 1 aliphatic rings. The van der Waals surface area contributed by atoms with E-state index >= 15 is 0 Å². The lowest BCUT2D eigenvalue weighted by molar-refractivity contribution is 0.187. The van der Waals surface area contributed by atoms with Crippen LogP contribution in [0.2, 0.25) is 0 Å². The van der Waals surface area contributed by atoms with E-state index < -0.39 is 0 Å². The van der Waals surface area contributed by atoms with Gasteiger partial charge in [-0.25, -0.2) is 0 Å². The Morgan fingerprint density at radius 3 is 3.00 bits per heavy atom. The van der Waals surface area contributed by atoms with Gasteiger partial charge in [-0.3, -0.25) is 4.90 Å². The molecule has 1 N–H and O–H groups in total. The van der Waals surface area contributed by atoms with Crippen molar-refractivity contribution in [1.29, 1.82) is 0 Å². The third kappa shape index (κ3) is 2.61. The van der Waals surface area contributed by atoms with Crippen molar-refractivity contribution in [2.75, 3.05) is 26.2 Å². The highest BCUT2D eigenvalue weighted by Crippen LogP contribution is 2.07. The zero-order valence-electron chi connectivity index (χ0n) is 8.27. The van der Waals surface area contributed by atoms with Gasteiger partial charge in [0.2, 0.25) is 0 Å². The first-order valence-corrected chi connectivity index (χ1v) is 4.85. The lowest BCUT2D eigenvalue weighted by Gasteiger charge is -2.34. The Hall–Kier alpha value is -0.340. The summed E-state index contributed by atoms with van der Waals surface area (Å²) < 4.78 is 0. The maximum Gasteiger partial charge on any atom is 0.0196 e. The molecule has 1 atom stereocenters. The van der Waals surface area contributed by atoms with E-state index in [1.807, 2.05) is 0 Å². The lowest BCUT2D eigenvalue weighted by Crippen LogP contribution is -2.50. The Morgan fingerprint density at radius 2 is 2.42 bits per heavy atom. The Kier molecular flexibility index (Phi) is 3.76. The number of piperazine rings is 1. The molecule has 0 amide bonds. The minimum atomic E-state index is 0.669. The molecular weight excluding hydrogens is 148 g/mol. The van der Waals surface area contributed by atoms with E-state index in [9.17, 15) is 0 Å². The van der Waals surface area contributed by atoms with E-state index in [0.717, 1.165) is 26.1 Å². The predicted molar refractivity (Wildman–Crippen MR) is 53.3 cm³/mol. The van der Waals surface area contributed by atoms with E-state index in [1.54, 1.807) is 0 Å². The predicted octanol–water partition coefficient (Wildman–Crippen LogP) is 1.25. The molecule has 1 rings (SSSR count). The van der Waals surface area contributed by atoms with Crippen molar-refractivity contribution in [3.05, 3.63) is 12.2 Å². The third-order valence-corrected chi connectivity index (χ3v) is 2.57. The van der Waals surface area contributed by atoms with E-state index in [-0.39, 0.29) is 0 Å². The van der Waals surface area contributed by atoms with Crippen LogP contribution in [-0.2, 0) is 0 Å². The maximum absolute atomic E-state index is 4.04. The second-order valence-corrected chi connectivity index (χ2v) is 3.63. The minimum absolute atomic E-state index is 0.669. The SMILES string of the molecule is C=C(CC)CN1CCNC[C@H]1C. The van der Waals surface area contributed by atoms with Crippen LogP contribution in [0.25, 0.3) is 0 Å². The van der Waals surface area contributed by atoms with Crippen molar-refractivity contribution in [2.24, 2.45) is 0 Å². The number of rotatable bonds is 3. The first-order valence-electron chi connectivity index (χ1n) is 4.85. The molecule has 1 aliphatic heterocycles. The second kappa shape index (κ2) is 4.63. The molecule has 0 aromatic rings. The summed E-state index contributed by atoms with van der Waals surface area (Å²) in [7, 11) is 0. The summed E-state index contributed by atoms with van der Waals surface area (Å²) in [4.78, 5) is 2.50. The van der Waals surface area contributed by atoms with Gasteiger partial charge in [-0.1, -0.05) is 19.1 Å². The van der Waals surface area contributed by atoms with Crippen molar-refractivity contribution >= 4 is 0 Å². The van der Waals surface area contributed by atoms with Crippen LogP contribution < -0.4 is 5.32 Å². The van der Waals surface area contributed by atoms with Crippen LogP contribution in [0.15, 0.2) is 12.2 Å². The van der Waals surface area contributed by atoms with Gasteiger partial charge in [0.25, 0.3) is 0 Å². The molecule has 1 fully saturated rings. The summed E-state index contributed by atoms with van der Waals surface area (Å²) in [5.74, 6) is 0. The average molecular weight is 168 g/mol. The van der Waals surface area contributed by atoms with Crippen molar-refractivity contribution < 1.29 is 0 Å². The van der Waals surface area contributed by atoms with Crippen molar-refractivity contribution in [3.8, 4) is 0 Å². The fourth-order valence-corrected chi connectivity index (χ4v) is 1.52. The smallest absolute Gasteiger partial charge is 0.0196 e. The van der Waals surface area contributed by atoms with Gasteiger partial charge >= 0.3 is 0 Å². The summed E-state index contributed by atoms with van der Waals surface area (Å²) in [6.45, 7) is 13.0. The van der Waals surface area contributed by atoms with Crippen molar-refractivity contribution in [1.82, 2.24) is 10.2 Å². The van der Waals surface area contributed by atoms with Crippen LogP contribution in [0, 0.1) is 0 Å². The quantitative estimate of drug-likeness (QED) is 0.638. The van der Waals surface area contributed by atoms with Crippen molar-refractivity contribution in [2.45, 2.75) is 26.3 Å². The first-order chi connectivity index (χ1) is 5.74. The maximum atomic E-state index is 4.04. The zero-order valence-corrected chi connectivity index (χ0v) is 8.27.